The summed E-state index contributed by atoms with van der Waals surface area (Å²) >= 11 is 0. The lowest BCUT2D eigenvalue weighted by Gasteiger charge is -2.26. The van der Waals surface area contributed by atoms with E-state index in [1.807, 2.05) is 31.2 Å². The van der Waals surface area contributed by atoms with E-state index in [0.29, 0.717) is 31.3 Å². The van der Waals surface area contributed by atoms with Gasteiger partial charge in [0, 0.05) is 26.2 Å². The van der Waals surface area contributed by atoms with Crippen LogP contribution in [0.15, 0.2) is 18.2 Å². The van der Waals surface area contributed by atoms with Crippen LogP contribution in [0.25, 0.3) is 0 Å². The van der Waals surface area contributed by atoms with Crippen molar-refractivity contribution in [2.24, 2.45) is 0 Å². The second kappa shape index (κ2) is 10.5. The van der Waals surface area contributed by atoms with Crippen molar-refractivity contribution in [1.29, 1.82) is 5.26 Å². The Morgan fingerprint density at radius 3 is 2.84 bits per heavy atom. The van der Waals surface area contributed by atoms with Crippen LogP contribution in [-0.2, 0) is 16.1 Å². The number of benzene rings is 1. The van der Waals surface area contributed by atoms with E-state index in [4.69, 9.17) is 19.5 Å². The Morgan fingerprint density at radius 2 is 2.12 bits per heavy atom. The van der Waals surface area contributed by atoms with Gasteiger partial charge in [-0.05, 0) is 24.6 Å². The predicted octanol–water partition coefficient (Wildman–Crippen LogP) is 1.33. The number of morpholine rings is 1. The van der Waals surface area contributed by atoms with Crippen LogP contribution in [0.2, 0.25) is 0 Å². The predicted molar refractivity (Wildman–Crippen MR) is 92.4 cm³/mol. The molecule has 1 saturated heterocycles. The van der Waals surface area contributed by atoms with E-state index in [1.54, 1.807) is 0 Å². The third-order valence-electron chi connectivity index (χ3n) is 3.81. The third-order valence-corrected chi connectivity index (χ3v) is 3.81. The van der Waals surface area contributed by atoms with Gasteiger partial charge in [-0.25, -0.2) is 0 Å². The van der Waals surface area contributed by atoms with Crippen LogP contribution in [0.3, 0.4) is 0 Å². The number of ether oxygens (including phenoxy) is 3. The van der Waals surface area contributed by atoms with Gasteiger partial charge in [-0.2, -0.15) is 5.26 Å². The highest BCUT2D eigenvalue weighted by Gasteiger charge is 2.12. The van der Waals surface area contributed by atoms with Gasteiger partial charge in [-0.3, -0.25) is 9.69 Å². The fraction of sp³-hybridized carbons (Fsp3) is 0.556. The zero-order valence-corrected chi connectivity index (χ0v) is 14.6. The smallest absolute Gasteiger partial charge is 0.234 e. The fourth-order valence-corrected chi connectivity index (χ4v) is 2.49. The summed E-state index contributed by atoms with van der Waals surface area (Å²) in [5.74, 6) is 1.07. The Labute approximate surface area is 148 Å². The number of carbonyl (C=O) groups is 1. The molecule has 1 fully saturated rings. The second-order valence-corrected chi connectivity index (χ2v) is 5.63. The van der Waals surface area contributed by atoms with E-state index in [0.717, 1.165) is 38.4 Å². The lowest BCUT2D eigenvalue weighted by molar-refractivity contribution is -0.120. The summed E-state index contributed by atoms with van der Waals surface area (Å²) in [5, 5.41) is 11.2. The number of carbonyl (C=O) groups excluding carboxylic acids is 1. The van der Waals surface area contributed by atoms with E-state index in [1.165, 1.54) is 0 Å². The average Bonchev–Trinajstić information content (AvgIpc) is 2.63. The molecule has 0 atom stereocenters. The molecule has 0 spiro atoms. The lowest BCUT2D eigenvalue weighted by atomic mass is 10.2. The monoisotopic (exact) mass is 347 g/mol. The molecule has 7 heteroatoms. The third kappa shape index (κ3) is 6.61. The molecule has 0 radical (unpaired) electrons. The molecule has 1 aliphatic heterocycles. The molecule has 0 saturated carbocycles. The quantitative estimate of drug-likeness (QED) is 0.725. The van der Waals surface area contributed by atoms with Gasteiger partial charge in [0.25, 0.3) is 0 Å². The van der Waals surface area contributed by atoms with Crippen molar-refractivity contribution in [3.05, 3.63) is 23.8 Å². The first-order chi connectivity index (χ1) is 12.2. The normalized spacial score (nSPS) is 14.6. The largest absolute Gasteiger partial charge is 0.490 e. The molecule has 0 aliphatic carbocycles. The molecule has 0 aromatic heterocycles. The van der Waals surface area contributed by atoms with Gasteiger partial charge in [0.15, 0.2) is 11.5 Å². The highest BCUT2D eigenvalue weighted by molar-refractivity contribution is 5.77. The molecular weight excluding hydrogens is 322 g/mol. The van der Waals surface area contributed by atoms with Gasteiger partial charge in [0.1, 0.15) is 13.0 Å². The van der Waals surface area contributed by atoms with Crippen LogP contribution in [0.1, 0.15) is 18.9 Å². The highest BCUT2D eigenvalue weighted by Crippen LogP contribution is 2.28. The van der Waals surface area contributed by atoms with Crippen molar-refractivity contribution in [2.75, 3.05) is 46.1 Å². The Bertz CT molecular complexity index is 594. The molecule has 0 unspecified atom stereocenters. The number of nitriles is 1. The molecule has 25 heavy (non-hydrogen) atoms. The Kier molecular flexibility index (Phi) is 8.02. The molecular formula is C18H25N3O4. The molecule has 1 N–H and O–H groups in total. The lowest BCUT2D eigenvalue weighted by Crippen LogP contribution is -2.38. The second-order valence-electron chi connectivity index (χ2n) is 5.63. The summed E-state index contributed by atoms with van der Waals surface area (Å²) in [4.78, 5) is 13.7. The Balaban J connectivity index is 1.88. The van der Waals surface area contributed by atoms with Crippen molar-refractivity contribution in [3.63, 3.8) is 0 Å². The number of hydrogen-bond donors (Lipinski definition) is 1. The topological polar surface area (TPSA) is 83.8 Å². The first-order valence-electron chi connectivity index (χ1n) is 8.55. The van der Waals surface area contributed by atoms with Gasteiger partial charge in [0.05, 0.1) is 25.9 Å². The van der Waals surface area contributed by atoms with E-state index < -0.39 is 0 Å². The number of nitrogens with zero attached hydrogens (tertiary/aromatic N) is 2. The maximum Gasteiger partial charge on any atom is 0.234 e. The first kappa shape index (κ1) is 19.0. The van der Waals surface area contributed by atoms with Crippen LogP contribution in [0.4, 0.5) is 0 Å². The van der Waals surface area contributed by atoms with Crippen molar-refractivity contribution >= 4 is 5.91 Å². The van der Waals surface area contributed by atoms with Gasteiger partial charge in [-0.15, -0.1) is 0 Å². The maximum atomic E-state index is 11.4. The molecule has 0 bridgehead atoms. The van der Waals surface area contributed by atoms with Crippen LogP contribution in [0.5, 0.6) is 11.5 Å². The summed E-state index contributed by atoms with van der Waals surface area (Å²) in [7, 11) is 0. The SMILES string of the molecule is CCOc1cc(CNC(=O)CC#N)ccc1OCCN1CCOCC1. The standard InChI is InChI=1S/C18H25N3O4/c1-2-24-17-13-15(14-20-18(22)5-6-19)3-4-16(17)25-12-9-21-7-10-23-11-8-21/h3-4,13H,2,5,7-12,14H2,1H3,(H,20,22). The van der Waals surface area contributed by atoms with Crippen molar-refractivity contribution < 1.29 is 19.0 Å². The zero-order valence-electron chi connectivity index (χ0n) is 14.6. The van der Waals surface area contributed by atoms with E-state index in [9.17, 15) is 4.79 Å². The maximum absolute atomic E-state index is 11.4. The van der Waals surface area contributed by atoms with Crippen molar-refractivity contribution in [2.45, 2.75) is 19.9 Å². The number of nitrogens with one attached hydrogen (secondary N) is 1. The molecule has 1 amide bonds. The number of rotatable bonds is 9. The molecule has 1 aromatic carbocycles. The van der Waals surface area contributed by atoms with Crippen LogP contribution < -0.4 is 14.8 Å². The van der Waals surface area contributed by atoms with Gasteiger partial charge in [0.2, 0.25) is 5.91 Å². The molecule has 1 aromatic rings. The Hall–Kier alpha value is -2.30. The molecule has 136 valence electrons. The minimum atomic E-state index is -0.286. The highest BCUT2D eigenvalue weighted by atomic mass is 16.5. The van der Waals surface area contributed by atoms with Gasteiger partial charge >= 0.3 is 0 Å². The minimum Gasteiger partial charge on any atom is -0.490 e. The summed E-state index contributed by atoms with van der Waals surface area (Å²) in [6.45, 7) is 7.65. The van der Waals surface area contributed by atoms with Crippen molar-refractivity contribution in [1.82, 2.24) is 10.2 Å². The zero-order chi connectivity index (χ0) is 17.9. The molecule has 1 heterocycles. The van der Waals surface area contributed by atoms with E-state index in [-0.39, 0.29) is 12.3 Å². The Morgan fingerprint density at radius 1 is 1.32 bits per heavy atom. The average molecular weight is 347 g/mol. The van der Waals surface area contributed by atoms with E-state index >= 15 is 0 Å². The number of amides is 1. The van der Waals surface area contributed by atoms with Gasteiger partial charge in [-0.1, -0.05) is 6.07 Å². The summed E-state index contributed by atoms with van der Waals surface area (Å²) in [6.07, 6.45) is -0.138. The van der Waals surface area contributed by atoms with Crippen LogP contribution in [0, 0.1) is 11.3 Å². The summed E-state index contributed by atoms with van der Waals surface area (Å²) < 4.78 is 16.9. The first-order valence-corrected chi connectivity index (χ1v) is 8.55. The summed E-state index contributed by atoms with van der Waals surface area (Å²) in [6, 6.07) is 7.43. The molecule has 7 nitrogen and oxygen atoms in total. The summed E-state index contributed by atoms with van der Waals surface area (Å²) in [5.41, 5.74) is 0.898. The van der Waals surface area contributed by atoms with E-state index in [2.05, 4.69) is 10.2 Å². The fourth-order valence-electron chi connectivity index (χ4n) is 2.49. The van der Waals surface area contributed by atoms with Gasteiger partial charge < -0.3 is 19.5 Å². The van der Waals surface area contributed by atoms with Crippen LogP contribution >= 0.6 is 0 Å². The minimum absolute atomic E-state index is 0.138. The molecule has 2 rings (SSSR count). The molecule has 1 aliphatic rings. The number of hydrogen-bond acceptors (Lipinski definition) is 6. The van der Waals surface area contributed by atoms with Crippen molar-refractivity contribution in [3.8, 4) is 17.6 Å². The van der Waals surface area contributed by atoms with Crippen LogP contribution in [-0.4, -0.2) is 56.9 Å².